The molecule has 0 aliphatic carbocycles. The number of nitrogens with zero attached hydrogens (tertiary/aromatic N) is 1. The van der Waals surface area contributed by atoms with E-state index in [4.69, 9.17) is 4.74 Å². The zero-order valence-corrected chi connectivity index (χ0v) is 9.82. The van der Waals surface area contributed by atoms with Gasteiger partial charge >= 0.3 is 0 Å². The third-order valence-electron chi connectivity index (χ3n) is 2.30. The van der Waals surface area contributed by atoms with Crippen LogP contribution in [0.3, 0.4) is 0 Å². The maximum absolute atomic E-state index is 11.5. The van der Waals surface area contributed by atoms with Gasteiger partial charge in [-0.1, -0.05) is 19.9 Å². The summed E-state index contributed by atoms with van der Waals surface area (Å²) in [7, 11) is 0. The van der Waals surface area contributed by atoms with Gasteiger partial charge in [-0.15, -0.1) is 13.2 Å². The summed E-state index contributed by atoms with van der Waals surface area (Å²) < 4.78 is 5.44. The van der Waals surface area contributed by atoms with Crippen LogP contribution in [0.4, 0.5) is 0 Å². The number of allylic oxidation sites excluding steroid dienone is 3. The number of hydrogen-bond acceptors (Lipinski definition) is 3. The van der Waals surface area contributed by atoms with E-state index in [1.807, 2.05) is 12.2 Å². The number of carbonyl (C=O) groups is 1. The van der Waals surface area contributed by atoms with E-state index in [1.165, 1.54) is 0 Å². The Balaban J connectivity index is 0.000000606. The van der Waals surface area contributed by atoms with Crippen LogP contribution < -0.4 is 0 Å². The lowest BCUT2D eigenvalue weighted by Crippen LogP contribution is -2.26. The number of ether oxygens (including phenoxy) is 1. The van der Waals surface area contributed by atoms with Crippen molar-refractivity contribution in [1.82, 2.24) is 0 Å². The summed E-state index contributed by atoms with van der Waals surface area (Å²) in [6, 6.07) is 0. The van der Waals surface area contributed by atoms with Gasteiger partial charge in [0.2, 0.25) is 0 Å². The smallest absolute Gasteiger partial charge is 0.188 e. The molecule has 16 heavy (non-hydrogen) atoms. The number of fused-ring (bicyclic) bond motifs is 1. The minimum atomic E-state index is -0.0990. The van der Waals surface area contributed by atoms with Crippen LogP contribution in [0.1, 0.15) is 20.3 Å². The van der Waals surface area contributed by atoms with Crippen LogP contribution in [0.15, 0.2) is 42.3 Å². The molecule has 3 nitrogen and oxygen atoms in total. The maximum atomic E-state index is 11.5. The first-order chi connectivity index (χ1) is 7.58. The summed E-state index contributed by atoms with van der Waals surface area (Å²) in [5.74, 6) is 0.709. The number of aliphatic imine (C=N–C) groups is 1. The van der Waals surface area contributed by atoms with Crippen LogP contribution in [-0.2, 0) is 9.53 Å². The molecule has 1 fully saturated rings. The van der Waals surface area contributed by atoms with Crippen molar-refractivity contribution < 1.29 is 9.53 Å². The predicted molar refractivity (Wildman–Crippen MR) is 65.3 cm³/mol. The summed E-state index contributed by atoms with van der Waals surface area (Å²) in [5.41, 5.74) is 0.371. The summed E-state index contributed by atoms with van der Waals surface area (Å²) in [4.78, 5) is 15.6. The van der Waals surface area contributed by atoms with Crippen LogP contribution in [0.5, 0.6) is 0 Å². The van der Waals surface area contributed by atoms with Crippen molar-refractivity contribution in [3.63, 3.8) is 0 Å². The molecular weight excluding hydrogens is 202 g/mol. The van der Waals surface area contributed by atoms with E-state index in [0.717, 1.165) is 0 Å². The van der Waals surface area contributed by atoms with E-state index in [9.17, 15) is 4.79 Å². The van der Waals surface area contributed by atoms with Gasteiger partial charge in [-0.25, -0.2) is 4.99 Å². The molecule has 2 aliphatic heterocycles. The molecule has 0 bridgehead atoms. The average Bonchev–Trinajstić information content (AvgIpc) is 2.39. The minimum absolute atomic E-state index is 0.0739. The van der Waals surface area contributed by atoms with Gasteiger partial charge in [-0.3, -0.25) is 4.79 Å². The minimum Gasteiger partial charge on any atom is -0.491 e. The number of carbonyl (C=O) groups excluding carboxylic acids is 1. The van der Waals surface area contributed by atoms with Crippen molar-refractivity contribution in [1.29, 1.82) is 0 Å². The van der Waals surface area contributed by atoms with E-state index >= 15 is 0 Å². The highest BCUT2D eigenvalue weighted by Gasteiger charge is 2.26. The Morgan fingerprint density at radius 1 is 1.44 bits per heavy atom. The van der Waals surface area contributed by atoms with Crippen LogP contribution >= 0.6 is 0 Å². The Morgan fingerprint density at radius 2 is 2.12 bits per heavy atom. The Morgan fingerprint density at radius 3 is 2.81 bits per heavy atom. The molecule has 0 saturated carbocycles. The maximum Gasteiger partial charge on any atom is 0.188 e. The molecule has 0 aromatic carbocycles. The fourth-order valence-electron chi connectivity index (χ4n) is 1.51. The zero-order chi connectivity index (χ0) is 12.2. The highest BCUT2D eigenvalue weighted by molar-refractivity contribution is 6.46. The first-order valence-corrected chi connectivity index (χ1v) is 5.23. The van der Waals surface area contributed by atoms with E-state index < -0.39 is 0 Å². The molecule has 0 aromatic heterocycles. The summed E-state index contributed by atoms with van der Waals surface area (Å²) in [6.45, 7) is 10.6. The topological polar surface area (TPSA) is 38.7 Å². The van der Waals surface area contributed by atoms with Gasteiger partial charge in [0.15, 0.2) is 5.78 Å². The predicted octanol–water partition coefficient (Wildman–Crippen LogP) is 2.66. The third kappa shape index (κ3) is 2.69. The average molecular weight is 219 g/mol. The molecule has 0 amide bonds. The molecule has 0 radical (unpaired) electrons. The second kappa shape index (κ2) is 4.92. The van der Waals surface area contributed by atoms with Gasteiger partial charge < -0.3 is 4.74 Å². The third-order valence-corrected chi connectivity index (χ3v) is 2.30. The lowest BCUT2D eigenvalue weighted by molar-refractivity contribution is -0.114. The molecule has 2 heterocycles. The molecule has 0 atom stereocenters. The van der Waals surface area contributed by atoms with Crippen LogP contribution in [-0.4, -0.2) is 18.1 Å². The lowest BCUT2D eigenvalue weighted by atomic mass is 9.92. The second-order valence-corrected chi connectivity index (χ2v) is 4.15. The monoisotopic (exact) mass is 219 g/mol. The van der Waals surface area contributed by atoms with Gasteiger partial charge in [0, 0.05) is 18.0 Å². The summed E-state index contributed by atoms with van der Waals surface area (Å²) in [5, 5.41) is 0. The molecule has 0 spiro atoms. The fourth-order valence-corrected chi connectivity index (χ4v) is 1.51. The van der Waals surface area contributed by atoms with Crippen LogP contribution in [0.25, 0.3) is 0 Å². The molecule has 2 aliphatic rings. The number of Topliss-reactive ketones (excluding diaryl/α,β-unsaturated/α-hetero) is 1. The lowest BCUT2D eigenvalue weighted by Gasteiger charge is -2.19. The second-order valence-electron chi connectivity index (χ2n) is 4.15. The van der Waals surface area contributed by atoms with E-state index in [0.29, 0.717) is 24.5 Å². The van der Waals surface area contributed by atoms with Crippen LogP contribution in [0.2, 0.25) is 0 Å². The first kappa shape index (κ1) is 12.4. The normalized spacial score (nSPS) is 21.5. The molecule has 0 aromatic rings. The zero-order valence-electron chi connectivity index (χ0n) is 9.82. The molecule has 86 valence electrons. The van der Waals surface area contributed by atoms with Gasteiger partial charge in [0.05, 0.1) is 6.61 Å². The highest BCUT2D eigenvalue weighted by Crippen LogP contribution is 2.26. The number of rotatable bonds is 0. The Kier molecular flexibility index (Phi) is 3.82. The van der Waals surface area contributed by atoms with E-state index in [1.54, 1.807) is 6.20 Å². The largest absolute Gasteiger partial charge is 0.491 e. The van der Waals surface area contributed by atoms with Crippen molar-refractivity contribution in [3.8, 4) is 0 Å². The van der Waals surface area contributed by atoms with Gasteiger partial charge in [0.1, 0.15) is 11.5 Å². The van der Waals surface area contributed by atoms with Gasteiger partial charge in [-0.2, -0.15) is 0 Å². The molecule has 2 rings (SSSR count). The van der Waals surface area contributed by atoms with Crippen LogP contribution in [0, 0.1) is 5.41 Å². The SMILES string of the molecule is C=C.CC1(C)C=CN=C2C(=O)CCOC2=C1. The highest BCUT2D eigenvalue weighted by atomic mass is 16.5. The Hall–Kier alpha value is -1.64. The standard InChI is InChI=1S/C11H13NO2.C2H4/c1-11(2)4-5-12-10-8(13)3-6-14-9(10)7-11;1-2/h4-5,7H,3,6H2,1-2H3;1-2H2. The van der Waals surface area contributed by atoms with E-state index in [2.05, 4.69) is 32.0 Å². The molecular formula is C13H17NO2. The number of hydrogen-bond donors (Lipinski definition) is 0. The van der Waals surface area contributed by atoms with Crippen molar-refractivity contribution in [2.45, 2.75) is 20.3 Å². The summed E-state index contributed by atoms with van der Waals surface area (Å²) >= 11 is 0. The van der Waals surface area contributed by atoms with Gasteiger partial charge in [0.25, 0.3) is 0 Å². The first-order valence-electron chi connectivity index (χ1n) is 5.23. The van der Waals surface area contributed by atoms with Gasteiger partial charge in [-0.05, 0) is 6.08 Å². The van der Waals surface area contributed by atoms with Crippen molar-refractivity contribution in [2.24, 2.45) is 10.4 Å². The summed E-state index contributed by atoms with van der Waals surface area (Å²) in [6.07, 6.45) is 6.03. The fraction of sp³-hybridized carbons (Fsp3) is 0.385. The molecule has 0 N–H and O–H groups in total. The number of ketones is 1. The van der Waals surface area contributed by atoms with Crippen molar-refractivity contribution in [2.75, 3.05) is 6.61 Å². The quantitative estimate of drug-likeness (QED) is 0.587. The molecule has 0 unspecified atom stereocenters. The Bertz CT molecular complexity index is 375. The molecule has 1 saturated heterocycles. The van der Waals surface area contributed by atoms with Crippen molar-refractivity contribution in [3.05, 3.63) is 37.3 Å². The molecule has 3 heteroatoms. The van der Waals surface area contributed by atoms with E-state index in [-0.39, 0.29) is 11.2 Å². The van der Waals surface area contributed by atoms with Crippen molar-refractivity contribution >= 4 is 11.5 Å². The Labute approximate surface area is 96.2 Å².